The van der Waals surface area contributed by atoms with E-state index in [1.54, 1.807) is 0 Å². The van der Waals surface area contributed by atoms with Crippen molar-refractivity contribution in [2.75, 3.05) is 13.6 Å². The van der Waals surface area contributed by atoms with Crippen molar-refractivity contribution in [1.29, 1.82) is 0 Å². The summed E-state index contributed by atoms with van der Waals surface area (Å²) in [5.74, 6) is -1.25. The fourth-order valence-corrected chi connectivity index (χ4v) is 1.41. The molecule has 7 heteroatoms. The zero-order valence-corrected chi connectivity index (χ0v) is 9.03. The molecule has 94 valence electrons. The van der Waals surface area contributed by atoms with E-state index in [-0.39, 0.29) is 17.8 Å². The van der Waals surface area contributed by atoms with Gasteiger partial charge in [-0.3, -0.25) is 4.90 Å². The number of alkyl halides is 3. The van der Waals surface area contributed by atoms with E-state index in [1.165, 1.54) is 25.4 Å². The first-order valence-electron chi connectivity index (χ1n) is 4.72. The van der Waals surface area contributed by atoms with E-state index in [9.17, 15) is 18.0 Å². The number of hydrogen-bond donors (Lipinski definition) is 1. The molecule has 0 saturated heterocycles. The van der Waals surface area contributed by atoms with Crippen molar-refractivity contribution in [2.24, 2.45) is 0 Å². The molecule has 0 aliphatic carbocycles. The Labute approximate surface area is 95.7 Å². The van der Waals surface area contributed by atoms with Crippen LogP contribution in [-0.4, -0.2) is 40.7 Å². The third-order valence-corrected chi connectivity index (χ3v) is 1.98. The minimum absolute atomic E-state index is 0.116. The van der Waals surface area contributed by atoms with Gasteiger partial charge in [-0.1, -0.05) is 6.07 Å². The summed E-state index contributed by atoms with van der Waals surface area (Å²) in [7, 11) is 1.27. The largest absolute Gasteiger partial charge is 0.477 e. The molecule has 1 aromatic rings. The molecule has 0 aliphatic heterocycles. The molecule has 0 saturated carbocycles. The molecular formula is C10H11F3N2O2. The Morgan fingerprint density at radius 1 is 1.53 bits per heavy atom. The van der Waals surface area contributed by atoms with Gasteiger partial charge in [-0.05, 0) is 18.7 Å². The second-order valence-corrected chi connectivity index (χ2v) is 3.60. The fraction of sp³-hybridized carbons (Fsp3) is 0.400. The van der Waals surface area contributed by atoms with Crippen LogP contribution >= 0.6 is 0 Å². The molecule has 1 N–H and O–H groups in total. The number of rotatable bonds is 4. The van der Waals surface area contributed by atoms with Crippen LogP contribution in [0.2, 0.25) is 0 Å². The summed E-state index contributed by atoms with van der Waals surface area (Å²) in [4.78, 5) is 15.4. The lowest BCUT2D eigenvalue weighted by atomic mass is 10.2. The van der Waals surface area contributed by atoms with Crippen molar-refractivity contribution >= 4 is 5.97 Å². The molecule has 0 unspecified atom stereocenters. The highest BCUT2D eigenvalue weighted by molar-refractivity contribution is 5.86. The van der Waals surface area contributed by atoms with Gasteiger partial charge in [0.15, 0.2) is 5.69 Å². The molecule has 1 aromatic heterocycles. The van der Waals surface area contributed by atoms with Crippen LogP contribution in [0.15, 0.2) is 18.3 Å². The summed E-state index contributed by atoms with van der Waals surface area (Å²) in [6.45, 7) is -1.21. The van der Waals surface area contributed by atoms with Gasteiger partial charge in [0.25, 0.3) is 0 Å². The summed E-state index contributed by atoms with van der Waals surface area (Å²) >= 11 is 0. The Hall–Kier alpha value is -1.63. The normalized spacial score (nSPS) is 11.8. The number of carbonyl (C=O) groups is 1. The molecule has 0 atom stereocenters. The maximum absolute atomic E-state index is 12.1. The molecule has 1 rings (SSSR count). The highest BCUT2D eigenvalue weighted by Gasteiger charge is 2.29. The number of aromatic nitrogens is 1. The number of hydrogen-bond acceptors (Lipinski definition) is 3. The highest BCUT2D eigenvalue weighted by atomic mass is 19.4. The average Bonchev–Trinajstić information content (AvgIpc) is 2.14. The lowest BCUT2D eigenvalue weighted by Gasteiger charge is -2.18. The molecule has 0 spiro atoms. The van der Waals surface area contributed by atoms with Crippen LogP contribution in [0.25, 0.3) is 0 Å². The first kappa shape index (κ1) is 13.4. The third-order valence-electron chi connectivity index (χ3n) is 1.98. The van der Waals surface area contributed by atoms with Gasteiger partial charge in [0.2, 0.25) is 0 Å². The van der Waals surface area contributed by atoms with Crippen LogP contribution < -0.4 is 0 Å². The van der Waals surface area contributed by atoms with Crippen molar-refractivity contribution in [3.05, 3.63) is 29.6 Å². The smallest absolute Gasteiger partial charge is 0.401 e. The van der Waals surface area contributed by atoms with Crippen molar-refractivity contribution in [2.45, 2.75) is 12.7 Å². The number of carboxylic acid groups (broad SMARTS) is 1. The molecule has 0 radical (unpaired) electrons. The average molecular weight is 248 g/mol. The van der Waals surface area contributed by atoms with Gasteiger partial charge in [-0.2, -0.15) is 13.2 Å². The SMILES string of the molecule is CN(Cc1cccnc1C(=O)O)CC(F)(F)F. The van der Waals surface area contributed by atoms with Gasteiger partial charge in [0.1, 0.15) is 0 Å². The molecule has 4 nitrogen and oxygen atoms in total. The summed E-state index contributed by atoms with van der Waals surface area (Å²) < 4.78 is 36.3. The van der Waals surface area contributed by atoms with Crippen LogP contribution in [0.3, 0.4) is 0 Å². The van der Waals surface area contributed by atoms with Crippen molar-refractivity contribution < 1.29 is 23.1 Å². The maximum atomic E-state index is 12.1. The van der Waals surface area contributed by atoms with E-state index in [2.05, 4.69) is 4.98 Å². The van der Waals surface area contributed by atoms with Gasteiger partial charge in [-0.15, -0.1) is 0 Å². The molecule has 0 aromatic carbocycles. The van der Waals surface area contributed by atoms with E-state index in [4.69, 9.17) is 5.11 Å². The van der Waals surface area contributed by atoms with Crippen LogP contribution in [0.5, 0.6) is 0 Å². The molecule has 0 amide bonds. The first-order valence-corrected chi connectivity index (χ1v) is 4.72. The van der Waals surface area contributed by atoms with Gasteiger partial charge < -0.3 is 5.11 Å². The van der Waals surface area contributed by atoms with E-state index in [0.29, 0.717) is 0 Å². The Morgan fingerprint density at radius 2 is 2.18 bits per heavy atom. The van der Waals surface area contributed by atoms with Gasteiger partial charge >= 0.3 is 12.1 Å². The fourth-order valence-electron chi connectivity index (χ4n) is 1.41. The van der Waals surface area contributed by atoms with Crippen molar-refractivity contribution in [1.82, 2.24) is 9.88 Å². The Morgan fingerprint density at radius 3 is 2.71 bits per heavy atom. The molecular weight excluding hydrogens is 237 g/mol. The summed E-state index contributed by atoms with van der Waals surface area (Å²) in [6.07, 6.45) is -3.02. The number of pyridine rings is 1. The standard InChI is InChI=1S/C10H11F3N2O2/c1-15(6-10(11,12)13)5-7-3-2-4-14-8(7)9(16)17/h2-4H,5-6H2,1H3,(H,16,17). The maximum Gasteiger partial charge on any atom is 0.401 e. The molecule has 0 bridgehead atoms. The van der Waals surface area contributed by atoms with E-state index < -0.39 is 18.7 Å². The summed E-state index contributed by atoms with van der Waals surface area (Å²) in [5.41, 5.74) is 0.0354. The predicted octanol–water partition coefficient (Wildman–Crippen LogP) is 1.77. The minimum atomic E-state index is -4.31. The quantitative estimate of drug-likeness (QED) is 0.882. The zero-order chi connectivity index (χ0) is 13.1. The first-order chi connectivity index (χ1) is 7.79. The number of aromatic carboxylic acids is 1. The Kier molecular flexibility index (Phi) is 4.06. The van der Waals surface area contributed by atoms with Crippen molar-refractivity contribution in [3.63, 3.8) is 0 Å². The number of nitrogens with zero attached hydrogens (tertiary/aromatic N) is 2. The monoisotopic (exact) mass is 248 g/mol. The van der Waals surface area contributed by atoms with Crippen LogP contribution in [0.1, 0.15) is 16.1 Å². The molecule has 1 heterocycles. The summed E-state index contributed by atoms with van der Waals surface area (Å²) in [6, 6.07) is 2.94. The Bertz CT molecular complexity index is 407. The van der Waals surface area contributed by atoms with Crippen LogP contribution in [0, 0.1) is 0 Å². The second-order valence-electron chi connectivity index (χ2n) is 3.60. The van der Waals surface area contributed by atoms with Gasteiger partial charge in [0.05, 0.1) is 6.54 Å². The highest BCUT2D eigenvalue weighted by Crippen LogP contribution is 2.17. The van der Waals surface area contributed by atoms with Crippen LogP contribution in [0.4, 0.5) is 13.2 Å². The lowest BCUT2D eigenvalue weighted by Crippen LogP contribution is -2.31. The molecule has 0 fully saturated rings. The van der Waals surface area contributed by atoms with E-state index in [1.807, 2.05) is 0 Å². The second kappa shape index (κ2) is 5.13. The van der Waals surface area contributed by atoms with Gasteiger partial charge in [0, 0.05) is 12.7 Å². The topological polar surface area (TPSA) is 53.4 Å². The zero-order valence-electron chi connectivity index (χ0n) is 9.03. The van der Waals surface area contributed by atoms with E-state index >= 15 is 0 Å². The minimum Gasteiger partial charge on any atom is -0.477 e. The Balaban J connectivity index is 2.78. The molecule has 0 aliphatic rings. The lowest BCUT2D eigenvalue weighted by molar-refractivity contribution is -0.144. The predicted molar refractivity (Wildman–Crippen MR) is 53.6 cm³/mol. The van der Waals surface area contributed by atoms with Crippen molar-refractivity contribution in [3.8, 4) is 0 Å². The number of carboxylic acids is 1. The van der Waals surface area contributed by atoms with Crippen LogP contribution in [-0.2, 0) is 6.54 Å². The summed E-state index contributed by atoms with van der Waals surface area (Å²) in [5, 5.41) is 8.81. The third kappa shape index (κ3) is 4.39. The number of halogens is 3. The van der Waals surface area contributed by atoms with Gasteiger partial charge in [-0.25, -0.2) is 9.78 Å². The van der Waals surface area contributed by atoms with E-state index in [0.717, 1.165) is 4.90 Å². The molecule has 17 heavy (non-hydrogen) atoms.